The molecule has 1 aromatic heterocycles. The van der Waals surface area contributed by atoms with Gasteiger partial charge in [0.25, 0.3) is 0 Å². The molecule has 1 aromatic carbocycles. The lowest BCUT2D eigenvalue weighted by molar-refractivity contribution is -0.127. The van der Waals surface area contributed by atoms with Crippen LogP contribution in [0.4, 0.5) is 0 Å². The lowest BCUT2D eigenvalue weighted by atomic mass is 10.2. The van der Waals surface area contributed by atoms with Crippen LogP contribution in [0.25, 0.3) is 10.9 Å². The molecule has 0 spiro atoms. The fraction of sp³-hybridized carbons (Fsp3) is 0.188. The minimum Gasteiger partial charge on any atom is -0.335 e. The van der Waals surface area contributed by atoms with E-state index in [-0.39, 0.29) is 5.91 Å². The van der Waals surface area contributed by atoms with Crippen LogP contribution in [0.3, 0.4) is 0 Å². The molecule has 0 fully saturated rings. The molecule has 108 valence electrons. The van der Waals surface area contributed by atoms with Crippen molar-refractivity contribution in [3.8, 4) is 0 Å². The van der Waals surface area contributed by atoms with Crippen LogP contribution in [0, 0.1) is 0 Å². The monoisotopic (exact) mass is 299 g/mol. The van der Waals surface area contributed by atoms with Crippen molar-refractivity contribution in [3.05, 3.63) is 55.9 Å². The Morgan fingerprint density at radius 3 is 2.62 bits per heavy atom. The summed E-state index contributed by atoms with van der Waals surface area (Å²) in [5.41, 5.74) is 0.886. The first-order chi connectivity index (χ1) is 10.3. The molecule has 0 unspecified atom stereocenters. The van der Waals surface area contributed by atoms with E-state index in [0.717, 1.165) is 15.9 Å². The van der Waals surface area contributed by atoms with Gasteiger partial charge in [0.1, 0.15) is 11.4 Å². The third-order valence-electron chi connectivity index (χ3n) is 2.89. The minimum atomic E-state index is 0.0440. The normalized spacial score (nSPS) is 10.3. The number of thioether (sulfide) groups is 1. The van der Waals surface area contributed by atoms with Gasteiger partial charge in [-0.2, -0.15) is 0 Å². The Morgan fingerprint density at radius 1 is 1.19 bits per heavy atom. The number of benzene rings is 1. The number of aromatic nitrogens is 2. The Hall–Kier alpha value is -2.14. The number of carbonyl (C=O) groups excluding carboxylic acids is 1. The molecule has 2 rings (SSSR count). The molecule has 1 heterocycles. The maximum absolute atomic E-state index is 12.2. The first-order valence-corrected chi connectivity index (χ1v) is 7.57. The summed E-state index contributed by atoms with van der Waals surface area (Å²) < 4.78 is 0. The van der Waals surface area contributed by atoms with Gasteiger partial charge >= 0.3 is 0 Å². The summed E-state index contributed by atoms with van der Waals surface area (Å²) in [4.78, 5) is 22.4. The van der Waals surface area contributed by atoms with E-state index in [2.05, 4.69) is 23.1 Å². The first-order valence-electron chi connectivity index (χ1n) is 6.58. The Bertz CT molecular complexity index is 642. The summed E-state index contributed by atoms with van der Waals surface area (Å²) in [6, 6.07) is 7.78. The van der Waals surface area contributed by atoms with E-state index in [1.807, 2.05) is 24.3 Å². The molecule has 0 aliphatic heterocycles. The topological polar surface area (TPSA) is 46.1 Å². The van der Waals surface area contributed by atoms with Crippen molar-refractivity contribution < 1.29 is 4.79 Å². The van der Waals surface area contributed by atoms with Crippen molar-refractivity contribution in [1.29, 1.82) is 0 Å². The molecule has 1 amide bonds. The van der Waals surface area contributed by atoms with E-state index in [4.69, 9.17) is 0 Å². The molecule has 5 heteroatoms. The van der Waals surface area contributed by atoms with Gasteiger partial charge in [0.2, 0.25) is 5.91 Å². The molecule has 0 atom stereocenters. The van der Waals surface area contributed by atoms with Crippen LogP contribution in [0.5, 0.6) is 0 Å². The molecule has 2 aromatic rings. The Kier molecular flexibility index (Phi) is 5.51. The number of hydrogen-bond acceptors (Lipinski definition) is 4. The van der Waals surface area contributed by atoms with Crippen LogP contribution in [0.1, 0.15) is 0 Å². The van der Waals surface area contributed by atoms with E-state index >= 15 is 0 Å². The van der Waals surface area contributed by atoms with Gasteiger partial charge in [0.05, 0.1) is 11.3 Å². The van der Waals surface area contributed by atoms with E-state index < -0.39 is 0 Å². The van der Waals surface area contributed by atoms with E-state index in [0.29, 0.717) is 18.8 Å². The van der Waals surface area contributed by atoms with Gasteiger partial charge in [-0.3, -0.25) is 4.79 Å². The van der Waals surface area contributed by atoms with Crippen LogP contribution in [0.15, 0.2) is 60.9 Å². The molecule has 0 aliphatic rings. The maximum atomic E-state index is 12.2. The van der Waals surface area contributed by atoms with Crippen LogP contribution < -0.4 is 0 Å². The zero-order valence-corrected chi connectivity index (χ0v) is 12.6. The predicted molar refractivity (Wildman–Crippen MR) is 87.2 cm³/mol. The number of carbonyl (C=O) groups is 1. The Labute approximate surface area is 128 Å². The van der Waals surface area contributed by atoms with Crippen molar-refractivity contribution in [1.82, 2.24) is 14.9 Å². The summed E-state index contributed by atoms with van der Waals surface area (Å²) in [6.07, 6.45) is 4.96. The zero-order valence-electron chi connectivity index (χ0n) is 11.7. The molecule has 0 N–H and O–H groups in total. The van der Waals surface area contributed by atoms with Crippen molar-refractivity contribution in [2.75, 3.05) is 18.8 Å². The molecular weight excluding hydrogens is 282 g/mol. The second-order valence-electron chi connectivity index (χ2n) is 4.36. The van der Waals surface area contributed by atoms with Crippen LogP contribution in [-0.4, -0.2) is 39.6 Å². The summed E-state index contributed by atoms with van der Waals surface area (Å²) in [5.74, 6) is 0.380. The van der Waals surface area contributed by atoms with E-state index in [1.165, 1.54) is 18.1 Å². The fourth-order valence-corrected chi connectivity index (χ4v) is 2.80. The highest BCUT2D eigenvalue weighted by molar-refractivity contribution is 8.00. The Balaban J connectivity index is 2.08. The number of nitrogens with zero attached hydrogens (tertiary/aromatic N) is 3. The quantitative estimate of drug-likeness (QED) is 0.448. The van der Waals surface area contributed by atoms with Gasteiger partial charge in [0, 0.05) is 18.5 Å². The Morgan fingerprint density at radius 2 is 1.90 bits per heavy atom. The predicted octanol–water partition coefficient (Wildman–Crippen LogP) is 2.92. The van der Waals surface area contributed by atoms with E-state index in [1.54, 1.807) is 17.1 Å². The van der Waals surface area contributed by atoms with Gasteiger partial charge in [-0.25, -0.2) is 9.97 Å². The summed E-state index contributed by atoms with van der Waals surface area (Å²) >= 11 is 1.43. The lowest BCUT2D eigenvalue weighted by Gasteiger charge is -2.18. The molecule has 0 saturated carbocycles. The van der Waals surface area contributed by atoms with Crippen molar-refractivity contribution in [3.63, 3.8) is 0 Å². The van der Waals surface area contributed by atoms with Gasteiger partial charge < -0.3 is 4.90 Å². The van der Waals surface area contributed by atoms with Gasteiger partial charge in [-0.1, -0.05) is 42.1 Å². The number of rotatable bonds is 7. The number of amides is 1. The van der Waals surface area contributed by atoms with E-state index in [9.17, 15) is 4.79 Å². The first kappa shape index (κ1) is 15.3. The fourth-order valence-electron chi connectivity index (χ4n) is 1.91. The second kappa shape index (κ2) is 7.59. The number of hydrogen-bond donors (Lipinski definition) is 0. The van der Waals surface area contributed by atoms with Gasteiger partial charge in [-0.05, 0) is 6.07 Å². The highest BCUT2D eigenvalue weighted by Gasteiger charge is 2.12. The molecular formula is C16H17N3OS. The number of para-hydroxylation sites is 1. The SMILES string of the molecule is C=CCN(CC=C)C(=O)CSc1ncnc2ccccc12. The molecule has 0 saturated heterocycles. The largest absolute Gasteiger partial charge is 0.335 e. The molecule has 21 heavy (non-hydrogen) atoms. The number of fused-ring (bicyclic) bond motifs is 1. The molecule has 0 aliphatic carbocycles. The smallest absolute Gasteiger partial charge is 0.233 e. The highest BCUT2D eigenvalue weighted by atomic mass is 32.2. The van der Waals surface area contributed by atoms with Crippen LogP contribution >= 0.6 is 11.8 Å². The average molecular weight is 299 g/mol. The van der Waals surface area contributed by atoms with Gasteiger partial charge in [0.15, 0.2) is 0 Å². The average Bonchev–Trinajstić information content (AvgIpc) is 2.52. The molecule has 4 nitrogen and oxygen atoms in total. The highest BCUT2D eigenvalue weighted by Crippen LogP contribution is 2.24. The van der Waals surface area contributed by atoms with Gasteiger partial charge in [-0.15, -0.1) is 13.2 Å². The molecule has 0 bridgehead atoms. The second-order valence-corrected chi connectivity index (χ2v) is 5.32. The van der Waals surface area contributed by atoms with Crippen molar-refractivity contribution in [2.45, 2.75) is 5.03 Å². The summed E-state index contributed by atoms with van der Waals surface area (Å²) in [6.45, 7) is 8.38. The van der Waals surface area contributed by atoms with Crippen LogP contribution in [0.2, 0.25) is 0 Å². The third kappa shape index (κ3) is 3.92. The maximum Gasteiger partial charge on any atom is 0.233 e. The standard InChI is InChI=1S/C16H17N3OS/c1-3-9-19(10-4-2)15(20)11-21-16-13-7-5-6-8-14(13)17-12-18-16/h3-8,12H,1-2,9-11H2. The summed E-state index contributed by atoms with van der Waals surface area (Å²) in [5, 5.41) is 1.79. The zero-order chi connectivity index (χ0) is 15.1. The molecule has 0 radical (unpaired) electrons. The van der Waals surface area contributed by atoms with Crippen molar-refractivity contribution >= 4 is 28.6 Å². The van der Waals surface area contributed by atoms with Crippen molar-refractivity contribution in [2.24, 2.45) is 0 Å². The van der Waals surface area contributed by atoms with Crippen LogP contribution in [-0.2, 0) is 4.79 Å². The minimum absolute atomic E-state index is 0.0440. The lowest BCUT2D eigenvalue weighted by Crippen LogP contribution is -2.32. The summed E-state index contributed by atoms with van der Waals surface area (Å²) in [7, 11) is 0. The third-order valence-corrected chi connectivity index (χ3v) is 3.88.